The zero-order valence-corrected chi connectivity index (χ0v) is 23.5. The van der Waals surface area contributed by atoms with Crippen molar-refractivity contribution in [2.24, 2.45) is 5.92 Å². The molecule has 0 aliphatic rings. The van der Waals surface area contributed by atoms with Gasteiger partial charge in [0.25, 0.3) is 5.91 Å². The lowest BCUT2D eigenvalue weighted by Gasteiger charge is -2.13. The van der Waals surface area contributed by atoms with Crippen LogP contribution in [0, 0.1) is 12.8 Å². The zero-order valence-electron chi connectivity index (χ0n) is 23.5. The van der Waals surface area contributed by atoms with Gasteiger partial charge in [-0.15, -0.1) is 0 Å². The summed E-state index contributed by atoms with van der Waals surface area (Å²) in [7, 11) is 0. The summed E-state index contributed by atoms with van der Waals surface area (Å²) in [5, 5.41) is 11.7. The second kappa shape index (κ2) is 12.0. The minimum absolute atomic E-state index is 0.287. The van der Waals surface area contributed by atoms with Crippen LogP contribution in [0.1, 0.15) is 47.1 Å². The SMILES string of the molecule is CCOC(=O)c1ccc(C(=O)Nc2cc(Nc3ncc4cccc(-c5ccnn5CC(C)C)c4n3)ccc2C)cc1. The van der Waals surface area contributed by atoms with Crippen molar-refractivity contribution in [1.29, 1.82) is 0 Å². The molecular formula is C32H32N6O3. The monoisotopic (exact) mass is 548 g/mol. The van der Waals surface area contributed by atoms with Crippen LogP contribution in [0.15, 0.2) is 79.1 Å². The smallest absolute Gasteiger partial charge is 0.338 e. The summed E-state index contributed by atoms with van der Waals surface area (Å²) in [6, 6.07) is 20.1. The van der Waals surface area contributed by atoms with E-state index in [1.807, 2.05) is 60.3 Å². The fourth-order valence-corrected chi connectivity index (χ4v) is 4.51. The number of nitrogens with zero attached hydrogens (tertiary/aromatic N) is 4. The molecule has 0 radical (unpaired) electrons. The van der Waals surface area contributed by atoms with E-state index in [-0.39, 0.29) is 5.91 Å². The molecule has 41 heavy (non-hydrogen) atoms. The van der Waals surface area contributed by atoms with Gasteiger partial charge in [-0.25, -0.2) is 14.8 Å². The number of para-hydroxylation sites is 1. The molecule has 2 heterocycles. The predicted octanol–water partition coefficient (Wildman–Crippen LogP) is 6.63. The first kappa shape index (κ1) is 27.5. The van der Waals surface area contributed by atoms with Crippen LogP contribution in [0.3, 0.4) is 0 Å². The summed E-state index contributed by atoms with van der Waals surface area (Å²) < 4.78 is 7.02. The number of benzene rings is 3. The molecule has 5 rings (SSSR count). The van der Waals surface area contributed by atoms with Crippen LogP contribution < -0.4 is 10.6 Å². The molecule has 5 aromatic rings. The fraction of sp³-hybridized carbons (Fsp3) is 0.219. The van der Waals surface area contributed by atoms with E-state index < -0.39 is 5.97 Å². The Kier molecular flexibility index (Phi) is 8.05. The first-order chi connectivity index (χ1) is 19.8. The lowest BCUT2D eigenvalue weighted by Crippen LogP contribution is -2.13. The fourth-order valence-electron chi connectivity index (χ4n) is 4.51. The molecule has 9 nitrogen and oxygen atoms in total. The average molecular weight is 549 g/mol. The van der Waals surface area contributed by atoms with Crippen LogP contribution >= 0.6 is 0 Å². The summed E-state index contributed by atoms with van der Waals surface area (Å²) in [6.45, 7) is 9.10. The van der Waals surface area contributed by atoms with Crippen molar-refractivity contribution in [3.05, 3.63) is 95.8 Å². The van der Waals surface area contributed by atoms with Crippen molar-refractivity contribution < 1.29 is 14.3 Å². The number of carbonyl (C=O) groups excluding carboxylic acids is 2. The third kappa shape index (κ3) is 6.24. The van der Waals surface area contributed by atoms with E-state index >= 15 is 0 Å². The maximum atomic E-state index is 13.0. The topological polar surface area (TPSA) is 111 Å². The number of aromatic nitrogens is 4. The minimum Gasteiger partial charge on any atom is -0.462 e. The van der Waals surface area contributed by atoms with Gasteiger partial charge in [-0.05, 0) is 67.8 Å². The Hall–Kier alpha value is -5.05. The molecule has 0 fully saturated rings. The van der Waals surface area contributed by atoms with E-state index in [0.717, 1.165) is 40.0 Å². The third-order valence-corrected chi connectivity index (χ3v) is 6.54. The van der Waals surface area contributed by atoms with Gasteiger partial charge >= 0.3 is 5.97 Å². The molecule has 0 spiro atoms. The van der Waals surface area contributed by atoms with Gasteiger partial charge in [0.05, 0.1) is 23.4 Å². The number of carbonyl (C=O) groups is 2. The normalized spacial score (nSPS) is 11.0. The quantitative estimate of drug-likeness (QED) is 0.199. The summed E-state index contributed by atoms with van der Waals surface area (Å²) in [5.74, 6) is 0.190. The summed E-state index contributed by atoms with van der Waals surface area (Å²) in [4.78, 5) is 34.2. The highest BCUT2D eigenvalue weighted by molar-refractivity contribution is 6.05. The summed E-state index contributed by atoms with van der Waals surface area (Å²) in [6.07, 6.45) is 3.61. The molecule has 3 aromatic carbocycles. The molecule has 0 saturated heterocycles. The van der Waals surface area contributed by atoms with Gasteiger partial charge in [0.2, 0.25) is 5.95 Å². The van der Waals surface area contributed by atoms with E-state index in [4.69, 9.17) is 9.72 Å². The van der Waals surface area contributed by atoms with Gasteiger partial charge < -0.3 is 15.4 Å². The summed E-state index contributed by atoms with van der Waals surface area (Å²) in [5.41, 5.74) is 5.90. The minimum atomic E-state index is -0.418. The molecule has 0 atom stereocenters. The highest BCUT2D eigenvalue weighted by Gasteiger charge is 2.14. The molecular weight excluding hydrogens is 516 g/mol. The molecule has 0 saturated carbocycles. The Morgan fingerprint density at radius 3 is 2.54 bits per heavy atom. The van der Waals surface area contributed by atoms with Gasteiger partial charge in [-0.2, -0.15) is 5.10 Å². The lowest BCUT2D eigenvalue weighted by molar-refractivity contribution is 0.0526. The largest absolute Gasteiger partial charge is 0.462 e. The second-order valence-corrected chi connectivity index (χ2v) is 10.1. The summed E-state index contributed by atoms with van der Waals surface area (Å²) >= 11 is 0. The van der Waals surface area contributed by atoms with E-state index in [1.165, 1.54) is 0 Å². The Morgan fingerprint density at radius 1 is 1.00 bits per heavy atom. The van der Waals surface area contributed by atoms with Crippen LogP contribution in [0.2, 0.25) is 0 Å². The van der Waals surface area contributed by atoms with Crippen molar-refractivity contribution in [3.8, 4) is 11.3 Å². The number of rotatable bonds is 9. The molecule has 1 amide bonds. The highest BCUT2D eigenvalue weighted by Crippen LogP contribution is 2.29. The van der Waals surface area contributed by atoms with Crippen LogP contribution in [0.5, 0.6) is 0 Å². The molecule has 0 aliphatic carbocycles. The van der Waals surface area contributed by atoms with Crippen molar-refractivity contribution in [3.63, 3.8) is 0 Å². The highest BCUT2D eigenvalue weighted by atomic mass is 16.5. The van der Waals surface area contributed by atoms with Gasteiger partial charge in [0.1, 0.15) is 0 Å². The maximum Gasteiger partial charge on any atom is 0.338 e. The number of hydrogen-bond acceptors (Lipinski definition) is 7. The molecule has 208 valence electrons. The number of amides is 1. The number of fused-ring (bicyclic) bond motifs is 1. The van der Waals surface area contributed by atoms with Crippen molar-refractivity contribution in [2.45, 2.75) is 34.2 Å². The second-order valence-electron chi connectivity index (χ2n) is 10.1. The first-order valence-electron chi connectivity index (χ1n) is 13.6. The number of esters is 1. The van der Waals surface area contributed by atoms with Crippen molar-refractivity contribution in [1.82, 2.24) is 19.7 Å². The van der Waals surface area contributed by atoms with Crippen LogP contribution in [-0.2, 0) is 11.3 Å². The number of aryl methyl sites for hydroxylation is 1. The predicted molar refractivity (Wildman–Crippen MR) is 160 cm³/mol. The molecule has 0 unspecified atom stereocenters. The molecule has 0 aliphatic heterocycles. The van der Waals surface area contributed by atoms with Gasteiger partial charge in [0, 0.05) is 46.8 Å². The number of ether oxygens (including phenoxy) is 1. The zero-order chi connectivity index (χ0) is 28.9. The Labute approximate surface area is 238 Å². The Balaban J connectivity index is 1.37. The number of nitrogens with one attached hydrogen (secondary N) is 2. The van der Waals surface area contributed by atoms with Crippen molar-refractivity contribution >= 4 is 40.1 Å². The average Bonchev–Trinajstić information content (AvgIpc) is 3.41. The van der Waals surface area contributed by atoms with Gasteiger partial charge in [0.15, 0.2) is 0 Å². The first-order valence-corrected chi connectivity index (χ1v) is 13.6. The standard InChI is InChI=1S/C32H32N6O3/c1-5-41-31(40)23-12-10-22(11-13-23)30(39)36-27-17-25(14-9-21(27)4)35-32-33-18-24-7-6-8-26(29(24)37-32)28-15-16-34-38(28)19-20(2)3/h6-18,20H,5,19H2,1-4H3,(H,36,39)(H,33,35,37). The lowest BCUT2D eigenvalue weighted by atomic mass is 10.1. The molecule has 0 bridgehead atoms. The third-order valence-electron chi connectivity index (χ3n) is 6.54. The van der Waals surface area contributed by atoms with E-state index in [2.05, 4.69) is 34.6 Å². The van der Waals surface area contributed by atoms with E-state index in [0.29, 0.717) is 35.3 Å². The van der Waals surface area contributed by atoms with Crippen LogP contribution in [-0.4, -0.2) is 38.2 Å². The molecule has 2 N–H and O–H groups in total. The Bertz CT molecular complexity index is 1710. The number of hydrogen-bond donors (Lipinski definition) is 2. The van der Waals surface area contributed by atoms with E-state index in [9.17, 15) is 9.59 Å². The Morgan fingerprint density at radius 2 is 1.78 bits per heavy atom. The van der Waals surface area contributed by atoms with Gasteiger partial charge in [-0.3, -0.25) is 9.48 Å². The van der Waals surface area contributed by atoms with E-state index in [1.54, 1.807) is 37.4 Å². The maximum absolute atomic E-state index is 13.0. The molecule has 2 aromatic heterocycles. The van der Waals surface area contributed by atoms with Gasteiger partial charge in [-0.1, -0.05) is 38.1 Å². The number of anilines is 3. The van der Waals surface area contributed by atoms with Crippen LogP contribution in [0.25, 0.3) is 22.2 Å². The van der Waals surface area contributed by atoms with Crippen LogP contribution in [0.4, 0.5) is 17.3 Å². The van der Waals surface area contributed by atoms with Crippen molar-refractivity contribution in [2.75, 3.05) is 17.2 Å². The molecule has 9 heteroatoms.